The van der Waals surface area contributed by atoms with Crippen molar-refractivity contribution in [2.45, 2.75) is 38.5 Å². The smallest absolute Gasteiger partial charge is 0.215 e. The third-order valence-electron chi connectivity index (χ3n) is 4.80. The normalized spacial score (nSPS) is 21.1. The summed E-state index contributed by atoms with van der Waals surface area (Å²) in [6.07, 6.45) is 8.00. The van der Waals surface area contributed by atoms with E-state index < -0.39 is 10.0 Å². The van der Waals surface area contributed by atoms with E-state index in [4.69, 9.17) is 0 Å². The number of aliphatic imine (C=N–C) groups is 1. The minimum Gasteiger partial charge on any atom is -0.356 e. The van der Waals surface area contributed by atoms with E-state index in [1.165, 1.54) is 32.1 Å². The number of hydrogen-bond acceptors (Lipinski definition) is 4. The van der Waals surface area contributed by atoms with Crippen LogP contribution in [-0.2, 0) is 10.0 Å². The number of sulfonamides is 1. The molecule has 24 heavy (non-hydrogen) atoms. The summed E-state index contributed by atoms with van der Waals surface area (Å²) in [5, 5.41) is 6.41. The molecular formula is C16H32N4O2S2. The van der Waals surface area contributed by atoms with Crippen LogP contribution in [0.4, 0.5) is 0 Å². The first-order chi connectivity index (χ1) is 11.6. The molecule has 1 aliphatic heterocycles. The maximum absolute atomic E-state index is 12.3. The van der Waals surface area contributed by atoms with Crippen molar-refractivity contribution in [3.8, 4) is 0 Å². The molecule has 0 radical (unpaired) electrons. The molecule has 6 nitrogen and oxygen atoms in total. The number of rotatable bonds is 8. The van der Waals surface area contributed by atoms with Gasteiger partial charge in [0.2, 0.25) is 10.0 Å². The zero-order valence-electron chi connectivity index (χ0n) is 14.8. The van der Waals surface area contributed by atoms with Gasteiger partial charge in [0.25, 0.3) is 0 Å². The number of guanidine groups is 1. The average Bonchev–Trinajstić information content (AvgIpc) is 3.11. The van der Waals surface area contributed by atoms with Crippen LogP contribution in [0, 0.1) is 5.92 Å². The number of thioether (sulfide) groups is 1. The molecule has 1 saturated carbocycles. The Bertz CT molecular complexity index is 484. The fraction of sp³-hybridized carbons (Fsp3) is 0.938. The quantitative estimate of drug-likeness (QED) is 0.381. The summed E-state index contributed by atoms with van der Waals surface area (Å²) in [5.74, 6) is 3.54. The van der Waals surface area contributed by atoms with Crippen molar-refractivity contribution >= 4 is 27.7 Å². The average molecular weight is 377 g/mol. The van der Waals surface area contributed by atoms with Crippen molar-refractivity contribution < 1.29 is 8.42 Å². The Kier molecular flexibility index (Phi) is 8.69. The van der Waals surface area contributed by atoms with Gasteiger partial charge in [-0.1, -0.05) is 25.7 Å². The highest BCUT2D eigenvalue weighted by Crippen LogP contribution is 2.28. The molecule has 8 heteroatoms. The van der Waals surface area contributed by atoms with Gasteiger partial charge in [-0.3, -0.25) is 4.99 Å². The second-order valence-electron chi connectivity index (χ2n) is 6.55. The second-order valence-corrected chi connectivity index (χ2v) is 9.86. The predicted octanol–water partition coefficient (Wildman–Crippen LogP) is 1.50. The molecular weight excluding hydrogens is 344 g/mol. The number of nitrogens with zero attached hydrogens (tertiary/aromatic N) is 2. The van der Waals surface area contributed by atoms with Gasteiger partial charge in [-0.15, -0.1) is 0 Å². The Hall–Kier alpha value is -0.470. The van der Waals surface area contributed by atoms with Crippen LogP contribution in [0.5, 0.6) is 0 Å². The third kappa shape index (κ3) is 6.80. The van der Waals surface area contributed by atoms with E-state index in [-0.39, 0.29) is 5.75 Å². The van der Waals surface area contributed by atoms with Crippen LogP contribution >= 0.6 is 11.8 Å². The lowest BCUT2D eigenvalue weighted by molar-refractivity contribution is 0.443. The van der Waals surface area contributed by atoms with Crippen LogP contribution in [0.3, 0.4) is 0 Å². The number of nitrogens with one attached hydrogen (secondary N) is 2. The summed E-state index contributed by atoms with van der Waals surface area (Å²) in [6, 6.07) is 0. The van der Waals surface area contributed by atoms with Crippen molar-refractivity contribution in [1.29, 1.82) is 0 Å². The van der Waals surface area contributed by atoms with Gasteiger partial charge >= 0.3 is 0 Å². The van der Waals surface area contributed by atoms with Gasteiger partial charge in [0, 0.05) is 44.7 Å². The number of hydrogen-bond donors (Lipinski definition) is 2. The maximum atomic E-state index is 12.3. The first kappa shape index (κ1) is 19.8. The Morgan fingerprint density at radius 3 is 2.50 bits per heavy atom. The van der Waals surface area contributed by atoms with Gasteiger partial charge in [-0.25, -0.2) is 12.7 Å². The Labute approximate surface area is 151 Å². The first-order valence-corrected chi connectivity index (χ1v) is 11.9. The van der Waals surface area contributed by atoms with Gasteiger partial charge in [-0.05, 0) is 18.8 Å². The van der Waals surface area contributed by atoms with Crippen molar-refractivity contribution in [2.75, 3.05) is 50.5 Å². The van der Waals surface area contributed by atoms with Crippen molar-refractivity contribution in [2.24, 2.45) is 10.9 Å². The molecule has 2 fully saturated rings. The van der Waals surface area contributed by atoms with Crippen molar-refractivity contribution in [1.82, 2.24) is 14.9 Å². The van der Waals surface area contributed by atoms with Gasteiger partial charge in [0.05, 0.1) is 5.75 Å². The summed E-state index contributed by atoms with van der Waals surface area (Å²) in [4.78, 5) is 4.17. The van der Waals surface area contributed by atoms with E-state index in [2.05, 4.69) is 15.6 Å². The molecule has 1 saturated heterocycles. The zero-order valence-corrected chi connectivity index (χ0v) is 16.4. The van der Waals surface area contributed by atoms with Crippen LogP contribution in [0.1, 0.15) is 38.5 Å². The molecule has 0 atom stereocenters. The molecule has 1 aliphatic carbocycles. The van der Waals surface area contributed by atoms with E-state index in [1.807, 2.05) is 11.8 Å². The molecule has 2 rings (SSSR count). The predicted molar refractivity (Wildman–Crippen MR) is 103 cm³/mol. The summed E-state index contributed by atoms with van der Waals surface area (Å²) >= 11 is 1.82. The molecule has 2 N–H and O–H groups in total. The van der Waals surface area contributed by atoms with E-state index in [0.717, 1.165) is 30.4 Å². The monoisotopic (exact) mass is 376 g/mol. The summed E-state index contributed by atoms with van der Waals surface area (Å²) in [6.45, 7) is 2.57. The Balaban J connectivity index is 1.60. The minimum absolute atomic E-state index is 0.125. The highest BCUT2D eigenvalue weighted by Gasteiger charge is 2.23. The van der Waals surface area contributed by atoms with Crippen molar-refractivity contribution in [3.05, 3.63) is 0 Å². The Morgan fingerprint density at radius 2 is 1.83 bits per heavy atom. The summed E-state index contributed by atoms with van der Waals surface area (Å²) < 4.78 is 26.2. The fourth-order valence-corrected chi connectivity index (χ4v) is 5.86. The molecule has 2 aliphatic rings. The van der Waals surface area contributed by atoms with Gasteiger partial charge < -0.3 is 10.6 Å². The van der Waals surface area contributed by atoms with Gasteiger partial charge in [0.15, 0.2) is 5.96 Å². The van der Waals surface area contributed by atoms with Crippen LogP contribution in [0.15, 0.2) is 4.99 Å². The van der Waals surface area contributed by atoms with Gasteiger partial charge in [-0.2, -0.15) is 11.8 Å². The minimum atomic E-state index is -3.15. The molecule has 0 aromatic rings. The van der Waals surface area contributed by atoms with Crippen molar-refractivity contribution in [3.63, 3.8) is 0 Å². The van der Waals surface area contributed by atoms with E-state index in [0.29, 0.717) is 25.6 Å². The molecule has 0 bridgehead atoms. The maximum Gasteiger partial charge on any atom is 0.215 e. The van der Waals surface area contributed by atoms with Crippen LogP contribution in [0.2, 0.25) is 0 Å². The van der Waals surface area contributed by atoms with Crippen LogP contribution < -0.4 is 10.6 Å². The van der Waals surface area contributed by atoms with E-state index in [1.54, 1.807) is 11.4 Å². The molecule has 140 valence electrons. The Morgan fingerprint density at radius 1 is 1.17 bits per heavy atom. The summed E-state index contributed by atoms with van der Waals surface area (Å²) in [7, 11) is -1.42. The lowest BCUT2D eigenvalue weighted by Gasteiger charge is -2.25. The fourth-order valence-electron chi connectivity index (χ4n) is 3.37. The first-order valence-electron chi connectivity index (χ1n) is 9.12. The standard InChI is InChI=1S/C16H32N4O2S2/c1-17-16(18-8-4-7-15-5-2-3-6-15)19-9-14-24(21,22)20-10-12-23-13-11-20/h15H,2-14H2,1H3,(H2,17,18,19). The molecule has 0 aromatic heterocycles. The lowest BCUT2D eigenvalue weighted by atomic mass is 10.0. The molecule has 0 spiro atoms. The zero-order chi connectivity index (χ0) is 17.3. The topological polar surface area (TPSA) is 73.8 Å². The summed E-state index contributed by atoms with van der Waals surface area (Å²) in [5.41, 5.74) is 0. The molecule has 0 unspecified atom stereocenters. The van der Waals surface area contributed by atoms with E-state index >= 15 is 0 Å². The lowest BCUT2D eigenvalue weighted by Crippen LogP contribution is -2.44. The second kappa shape index (κ2) is 10.5. The van der Waals surface area contributed by atoms with E-state index in [9.17, 15) is 8.42 Å². The highest BCUT2D eigenvalue weighted by atomic mass is 32.2. The third-order valence-corrected chi connectivity index (χ3v) is 7.61. The highest BCUT2D eigenvalue weighted by molar-refractivity contribution is 7.99. The van der Waals surface area contributed by atoms with Gasteiger partial charge in [0.1, 0.15) is 0 Å². The molecule has 1 heterocycles. The SMILES string of the molecule is CN=C(NCCCC1CCCC1)NCCS(=O)(=O)N1CCSCC1. The molecule has 0 amide bonds. The molecule has 0 aromatic carbocycles. The van der Waals surface area contributed by atoms with Crippen LogP contribution in [-0.4, -0.2) is 69.2 Å². The van der Waals surface area contributed by atoms with Crippen LogP contribution in [0.25, 0.3) is 0 Å². The largest absolute Gasteiger partial charge is 0.356 e.